The molecule has 5 unspecified atom stereocenters. The van der Waals surface area contributed by atoms with Crippen LogP contribution in [0.1, 0.15) is 36.4 Å². The van der Waals surface area contributed by atoms with Gasteiger partial charge in [-0.2, -0.15) is 13.2 Å². The Labute approximate surface area is 116 Å². The van der Waals surface area contributed by atoms with Crippen LogP contribution in [0.3, 0.4) is 0 Å². The minimum Gasteiger partial charge on any atom is -0.324 e. The lowest BCUT2D eigenvalue weighted by Gasteiger charge is -2.18. The third-order valence-corrected chi connectivity index (χ3v) is 5.81. The van der Waals surface area contributed by atoms with Gasteiger partial charge in [0.25, 0.3) is 0 Å². The SMILES string of the molecule is NC(c1cccc(C(F)(F)F)c1)C1C2C3CCC(C3)C21. The van der Waals surface area contributed by atoms with Crippen molar-refractivity contribution in [3.05, 3.63) is 35.4 Å². The normalized spacial score (nSPS) is 39.7. The van der Waals surface area contributed by atoms with E-state index in [1.165, 1.54) is 31.4 Å². The minimum atomic E-state index is -4.28. The molecule has 0 radical (unpaired) electrons. The van der Waals surface area contributed by atoms with Crippen LogP contribution in [-0.2, 0) is 6.18 Å². The summed E-state index contributed by atoms with van der Waals surface area (Å²) >= 11 is 0. The van der Waals surface area contributed by atoms with Gasteiger partial charge in [0.15, 0.2) is 0 Å². The summed E-state index contributed by atoms with van der Waals surface area (Å²) < 4.78 is 38.3. The number of fused-ring (bicyclic) bond motifs is 5. The zero-order chi connectivity index (χ0) is 14.1. The molecule has 3 aliphatic carbocycles. The number of alkyl halides is 3. The van der Waals surface area contributed by atoms with Gasteiger partial charge in [0.05, 0.1) is 5.56 Å². The third-order valence-electron chi connectivity index (χ3n) is 5.81. The number of nitrogens with two attached hydrogens (primary N) is 1. The van der Waals surface area contributed by atoms with Gasteiger partial charge < -0.3 is 5.73 Å². The van der Waals surface area contributed by atoms with Crippen molar-refractivity contribution in [1.29, 1.82) is 0 Å². The summed E-state index contributed by atoms with van der Waals surface area (Å²) in [5, 5.41) is 0. The van der Waals surface area contributed by atoms with Gasteiger partial charge in [-0.05, 0) is 66.5 Å². The van der Waals surface area contributed by atoms with Gasteiger partial charge in [0, 0.05) is 6.04 Å². The van der Waals surface area contributed by atoms with Crippen LogP contribution in [0.4, 0.5) is 13.2 Å². The Kier molecular flexibility index (Phi) is 2.54. The van der Waals surface area contributed by atoms with Gasteiger partial charge in [-0.3, -0.25) is 0 Å². The molecule has 4 rings (SSSR count). The predicted octanol–water partition coefficient (Wildman–Crippen LogP) is 4.00. The van der Waals surface area contributed by atoms with Crippen LogP contribution in [0.25, 0.3) is 0 Å². The van der Waals surface area contributed by atoms with Crippen LogP contribution in [-0.4, -0.2) is 0 Å². The van der Waals surface area contributed by atoms with E-state index in [0.29, 0.717) is 23.3 Å². The molecule has 2 N–H and O–H groups in total. The average Bonchev–Trinajstić information content (AvgIpc) is 2.84. The van der Waals surface area contributed by atoms with E-state index < -0.39 is 11.7 Å². The van der Waals surface area contributed by atoms with Crippen molar-refractivity contribution in [2.45, 2.75) is 31.5 Å². The maximum Gasteiger partial charge on any atom is 0.416 e. The van der Waals surface area contributed by atoms with Crippen molar-refractivity contribution in [1.82, 2.24) is 0 Å². The topological polar surface area (TPSA) is 26.0 Å². The number of hydrogen-bond donors (Lipinski definition) is 1. The maximum absolute atomic E-state index is 12.8. The number of halogens is 3. The lowest BCUT2D eigenvalue weighted by atomic mass is 9.93. The third kappa shape index (κ3) is 1.73. The zero-order valence-electron chi connectivity index (χ0n) is 11.1. The first-order valence-corrected chi connectivity index (χ1v) is 7.39. The van der Waals surface area contributed by atoms with Crippen LogP contribution in [0.2, 0.25) is 0 Å². The van der Waals surface area contributed by atoms with E-state index in [1.807, 2.05) is 0 Å². The van der Waals surface area contributed by atoms with Crippen LogP contribution >= 0.6 is 0 Å². The smallest absolute Gasteiger partial charge is 0.324 e. The van der Waals surface area contributed by atoms with Crippen LogP contribution in [0.5, 0.6) is 0 Å². The van der Waals surface area contributed by atoms with Crippen molar-refractivity contribution >= 4 is 0 Å². The molecule has 0 aliphatic heterocycles. The Bertz CT molecular complexity index is 523. The summed E-state index contributed by atoms with van der Waals surface area (Å²) in [5.74, 6) is 3.40. The summed E-state index contributed by atoms with van der Waals surface area (Å²) in [5.41, 5.74) is 6.36. The molecule has 3 saturated carbocycles. The van der Waals surface area contributed by atoms with Gasteiger partial charge in [0.1, 0.15) is 0 Å². The summed E-state index contributed by atoms with van der Waals surface area (Å²) in [7, 11) is 0. The molecular weight excluding hydrogens is 263 g/mol. The Morgan fingerprint density at radius 2 is 1.75 bits per heavy atom. The van der Waals surface area contributed by atoms with Crippen molar-refractivity contribution in [2.24, 2.45) is 35.3 Å². The second kappa shape index (κ2) is 4.00. The van der Waals surface area contributed by atoms with E-state index in [2.05, 4.69) is 0 Å². The van der Waals surface area contributed by atoms with Crippen molar-refractivity contribution < 1.29 is 13.2 Å². The minimum absolute atomic E-state index is 0.226. The molecule has 0 aromatic heterocycles. The standard InChI is InChI=1S/C16H18F3N/c17-16(18,19)11-3-1-2-10(7-11)15(20)14-12-8-4-5-9(6-8)13(12)14/h1-3,7-9,12-15H,4-6,20H2. The Morgan fingerprint density at radius 3 is 2.35 bits per heavy atom. The van der Waals surface area contributed by atoms with Gasteiger partial charge in [-0.15, -0.1) is 0 Å². The van der Waals surface area contributed by atoms with E-state index in [0.717, 1.165) is 17.9 Å². The Balaban J connectivity index is 1.57. The fraction of sp³-hybridized carbons (Fsp3) is 0.625. The summed E-state index contributed by atoms with van der Waals surface area (Å²) in [4.78, 5) is 0. The van der Waals surface area contributed by atoms with E-state index in [-0.39, 0.29) is 6.04 Å². The first-order chi connectivity index (χ1) is 9.47. The quantitative estimate of drug-likeness (QED) is 0.871. The molecule has 1 nitrogen and oxygen atoms in total. The highest BCUT2D eigenvalue weighted by molar-refractivity contribution is 5.31. The van der Waals surface area contributed by atoms with Crippen molar-refractivity contribution in [3.63, 3.8) is 0 Å². The molecule has 0 spiro atoms. The lowest BCUT2D eigenvalue weighted by molar-refractivity contribution is -0.137. The number of rotatable bonds is 2. The van der Waals surface area contributed by atoms with Gasteiger partial charge in [-0.25, -0.2) is 0 Å². The van der Waals surface area contributed by atoms with Crippen LogP contribution in [0.15, 0.2) is 24.3 Å². The monoisotopic (exact) mass is 281 g/mol. The van der Waals surface area contributed by atoms with Crippen LogP contribution < -0.4 is 5.73 Å². The first kappa shape index (κ1) is 12.7. The number of benzene rings is 1. The van der Waals surface area contributed by atoms with E-state index in [4.69, 9.17) is 5.73 Å². The van der Waals surface area contributed by atoms with E-state index in [1.54, 1.807) is 6.07 Å². The fourth-order valence-electron chi connectivity index (χ4n) is 5.02. The summed E-state index contributed by atoms with van der Waals surface area (Å²) in [6.07, 6.45) is -0.343. The highest BCUT2D eigenvalue weighted by atomic mass is 19.4. The molecule has 0 heterocycles. The molecular formula is C16H18F3N. The molecule has 4 heteroatoms. The Hall–Kier alpha value is -1.03. The van der Waals surface area contributed by atoms with E-state index >= 15 is 0 Å². The highest BCUT2D eigenvalue weighted by Gasteiger charge is 2.66. The molecule has 108 valence electrons. The lowest BCUT2D eigenvalue weighted by Crippen LogP contribution is -2.18. The largest absolute Gasteiger partial charge is 0.416 e. The van der Waals surface area contributed by atoms with Crippen molar-refractivity contribution in [2.75, 3.05) is 0 Å². The van der Waals surface area contributed by atoms with Gasteiger partial charge >= 0.3 is 6.18 Å². The molecule has 3 fully saturated rings. The highest BCUT2D eigenvalue weighted by Crippen LogP contribution is 2.71. The first-order valence-electron chi connectivity index (χ1n) is 7.39. The van der Waals surface area contributed by atoms with Crippen LogP contribution in [0, 0.1) is 29.6 Å². The average molecular weight is 281 g/mol. The fourth-order valence-corrected chi connectivity index (χ4v) is 5.02. The zero-order valence-corrected chi connectivity index (χ0v) is 11.1. The summed E-state index contributed by atoms with van der Waals surface area (Å²) in [6.45, 7) is 0. The molecule has 20 heavy (non-hydrogen) atoms. The van der Waals surface area contributed by atoms with Gasteiger partial charge in [0.2, 0.25) is 0 Å². The predicted molar refractivity (Wildman–Crippen MR) is 69.7 cm³/mol. The molecule has 0 saturated heterocycles. The van der Waals surface area contributed by atoms with Gasteiger partial charge in [-0.1, -0.05) is 12.1 Å². The molecule has 3 aliphatic rings. The molecule has 1 aromatic carbocycles. The molecule has 1 aromatic rings. The number of hydrogen-bond acceptors (Lipinski definition) is 1. The molecule has 2 bridgehead atoms. The van der Waals surface area contributed by atoms with Crippen molar-refractivity contribution in [3.8, 4) is 0 Å². The Morgan fingerprint density at radius 1 is 1.10 bits per heavy atom. The molecule has 5 atom stereocenters. The maximum atomic E-state index is 12.8. The second-order valence-electron chi connectivity index (χ2n) is 6.71. The summed E-state index contributed by atoms with van der Waals surface area (Å²) in [6, 6.07) is 5.35. The van der Waals surface area contributed by atoms with E-state index in [9.17, 15) is 13.2 Å². The molecule has 0 amide bonds. The second-order valence-corrected chi connectivity index (χ2v) is 6.71.